The monoisotopic (exact) mass is 825 g/mol. The standard InChI is InChI=1S/C24H27O3PS.C18H15P.C6H5.Ni/c1-17(2)19-11-5-7-13-21(19)28(22-14-8-6-12-20(22)18(3)4)23-15-9-10-16-24(23)29(25,26)27;1-4-10-16(11-5-1)19(17-12-6-2-7-13-17)18-14-8-3-9-15-18;1-2-4-6-5-3-1;/h5-18H,1-4H3,(H,25,26,27);1-15H;1-5H;/q;;-1;/p+2. The van der Waals surface area contributed by atoms with Gasteiger partial charge in [-0.3, -0.25) is 4.55 Å². The fraction of sp³-hybridized carbons (Fsp3) is 0.125. The van der Waals surface area contributed by atoms with Crippen molar-refractivity contribution in [3.8, 4) is 0 Å². The molecule has 0 unspecified atom stereocenters. The van der Waals surface area contributed by atoms with Gasteiger partial charge >= 0.3 is 0 Å². The Labute approximate surface area is 341 Å². The van der Waals surface area contributed by atoms with Gasteiger partial charge < -0.3 is 0 Å². The van der Waals surface area contributed by atoms with E-state index in [0.29, 0.717) is 17.1 Å². The first-order valence-corrected chi connectivity index (χ1v) is 22.7. The van der Waals surface area contributed by atoms with Crippen LogP contribution in [0.2, 0.25) is 0 Å². The Balaban J connectivity index is 0.000000220. The number of benzene rings is 7. The van der Waals surface area contributed by atoms with Gasteiger partial charge in [-0.25, -0.2) is 0 Å². The molecule has 0 amide bonds. The molecule has 7 heteroatoms. The van der Waals surface area contributed by atoms with E-state index in [2.05, 4.69) is 149 Å². The minimum absolute atomic E-state index is 0. The first-order valence-electron chi connectivity index (χ1n) is 18.2. The summed E-state index contributed by atoms with van der Waals surface area (Å²) in [7, 11) is -6.89. The normalized spacial score (nSPS) is 10.9. The summed E-state index contributed by atoms with van der Waals surface area (Å²) in [6.07, 6.45) is 0. The van der Waals surface area contributed by atoms with Gasteiger partial charge in [0.25, 0.3) is 10.1 Å². The van der Waals surface area contributed by atoms with Crippen LogP contribution in [-0.2, 0) is 26.6 Å². The van der Waals surface area contributed by atoms with Crippen LogP contribution in [-0.4, -0.2) is 13.0 Å². The van der Waals surface area contributed by atoms with Crippen molar-refractivity contribution >= 4 is 57.8 Å². The molecule has 0 saturated heterocycles. The van der Waals surface area contributed by atoms with Gasteiger partial charge in [-0.05, 0) is 83.6 Å². The van der Waals surface area contributed by atoms with Crippen LogP contribution < -0.4 is 31.8 Å². The average Bonchev–Trinajstić information content (AvgIpc) is 3.21. The van der Waals surface area contributed by atoms with E-state index in [1.807, 2.05) is 66.7 Å². The van der Waals surface area contributed by atoms with Gasteiger partial charge in [-0.1, -0.05) is 131 Å². The summed E-state index contributed by atoms with van der Waals surface area (Å²) in [6.45, 7) is 8.62. The van der Waals surface area contributed by atoms with Crippen molar-refractivity contribution in [1.29, 1.82) is 0 Å². The predicted molar refractivity (Wildman–Crippen MR) is 236 cm³/mol. The molecule has 1 N–H and O–H groups in total. The molecule has 0 aromatic heterocycles. The molecule has 0 heterocycles. The molecule has 7 aromatic carbocycles. The zero-order valence-corrected chi connectivity index (χ0v) is 35.4. The summed E-state index contributed by atoms with van der Waals surface area (Å²) >= 11 is 0. The molecular weight excluding hydrogens is 777 g/mol. The van der Waals surface area contributed by atoms with Gasteiger partial charge in [-0.2, -0.15) is 44.8 Å². The molecule has 3 nitrogen and oxygen atoms in total. The van der Waals surface area contributed by atoms with E-state index >= 15 is 0 Å². The molecule has 0 bridgehead atoms. The minimum atomic E-state index is -4.34. The summed E-state index contributed by atoms with van der Waals surface area (Å²) < 4.78 is 34.4. The third kappa shape index (κ3) is 12.1. The number of hydrogen-bond donors (Lipinski definition) is 1. The van der Waals surface area contributed by atoms with Crippen LogP contribution >= 0.6 is 15.8 Å². The summed E-state index contributed by atoms with van der Waals surface area (Å²) in [5.74, 6) is 0.602. The molecule has 0 aliphatic heterocycles. The molecule has 0 radical (unpaired) electrons. The van der Waals surface area contributed by atoms with Gasteiger partial charge in [-0.15, -0.1) is 0 Å². The smallest absolute Gasteiger partial charge is 0.282 e. The Morgan fingerprint density at radius 3 is 1.09 bits per heavy atom. The van der Waals surface area contributed by atoms with E-state index in [9.17, 15) is 13.0 Å². The van der Waals surface area contributed by atoms with Crippen LogP contribution in [0.3, 0.4) is 0 Å². The summed E-state index contributed by atoms with van der Waals surface area (Å²) in [4.78, 5) is 0.00556. The van der Waals surface area contributed by atoms with Gasteiger partial charge in [0.15, 0.2) is 0 Å². The Bertz CT molecular complexity index is 2100. The van der Waals surface area contributed by atoms with Crippen molar-refractivity contribution in [3.63, 3.8) is 0 Å². The van der Waals surface area contributed by atoms with Crippen molar-refractivity contribution in [2.24, 2.45) is 0 Å². The molecule has 0 saturated carbocycles. The van der Waals surface area contributed by atoms with E-state index in [-0.39, 0.29) is 21.4 Å². The maximum absolute atomic E-state index is 12.2. The second kappa shape index (κ2) is 21.8. The van der Waals surface area contributed by atoms with Crippen molar-refractivity contribution < 1.29 is 29.5 Å². The first-order chi connectivity index (χ1) is 26.2. The molecule has 284 valence electrons. The van der Waals surface area contributed by atoms with Crippen molar-refractivity contribution in [1.82, 2.24) is 0 Å². The molecule has 0 aliphatic carbocycles. The quantitative estimate of drug-likeness (QED) is 0.0684. The van der Waals surface area contributed by atoms with Crippen LogP contribution in [0.25, 0.3) is 0 Å². The first kappa shape index (κ1) is 43.5. The molecular formula is C48H49NiO3P2S+. The zero-order chi connectivity index (χ0) is 38.3. The van der Waals surface area contributed by atoms with E-state index in [1.54, 1.807) is 6.07 Å². The summed E-state index contributed by atoms with van der Waals surface area (Å²) in [5.41, 5.74) is 2.43. The predicted octanol–water partition coefficient (Wildman–Crippen LogP) is 9.33. The fourth-order valence-electron chi connectivity index (χ4n) is 6.45. The maximum Gasteiger partial charge on any atom is 0.298 e. The van der Waals surface area contributed by atoms with Crippen LogP contribution in [0.4, 0.5) is 0 Å². The topological polar surface area (TPSA) is 54.4 Å². The molecule has 55 heavy (non-hydrogen) atoms. The van der Waals surface area contributed by atoms with Gasteiger partial charge in [0.05, 0.1) is 7.92 Å². The van der Waals surface area contributed by atoms with Gasteiger partial charge in [0.2, 0.25) is 0 Å². The van der Waals surface area contributed by atoms with Gasteiger partial charge in [0, 0.05) is 16.5 Å². The van der Waals surface area contributed by atoms with Crippen LogP contribution in [0, 0.1) is 6.07 Å². The van der Waals surface area contributed by atoms with Crippen molar-refractivity contribution in [3.05, 3.63) is 211 Å². The molecule has 7 aromatic rings. The van der Waals surface area contributed by atoms with Crippen molar-refractivity contribution in [2.45, 2.75) is 44.4 Å². The largest absolute Gasteiger partial charge is 0.298 e. The fourth-order valence-corrected chi connectivity index (χ4v) is 13.6. The number of rotatable bonds is 9. The SMILES string of the molecule is CC(C)c1ccccc1[PH+](c1ccccc1C(C)C)c1ccccc1S(=O)(=O)O.[Ni].[c-]1ccccc1.c1ccc([PH+](c2ccccc2)c2ccccc2)cc1. The minimum Gasteiger partial charge on any atom is -0.282 e. The van der Waals surface area contributed by atoms with E-state index < -0.39 is 26.0 Å². The third-order valence-corrected chi connectivity index (χ3v) is 15.7. The van der Waals surface area contributed by atoms with E-state index in [1.165, 1.54) is 33.1 Å². The molecule has 0 spiro atoms. The third-order valence-electron chi connectivity index (χ3n) is 8.93. The number of hydrogen-bond acceptors (Lipinski definition) is 2. The molecule has 7 rings (SSSR count). The van der Waals surface area contributed by atoms with Crippen molar-refractivity contribution in [2.75, 3.05) is 0 Å². The summed E-state index contributed by atoms with van der Waals surface area (Å²) in [6, 6.07) is 68.4. The van der Waals surface area contributed by atoms with Gasteiger partial charge in [0.1, 0.15) is 44.6 Å². The second-order valence-electron chi connectivity index (χ2n) is 13.4. The second-order valence-corrected chi connectivity index (χ2v) is 19.6. The molecule has 0 fully saturated rings. The van der Waals surface area contributed by atoms with Crippen LogP contribution in [0.1, 0.15) is 50.7 Å². The Morgan fingerprint density at radius 2 is 0.764 bits per heavy atom. The average molecular weight is 827 g/mol. The maximum atomic E-state index is 12.2. The van der Waals surface area contributed by atoms with E-state index in [4.69, 9.17) is 0 Å². The Morgan fingerprint density at radius 1 is 0.436 bits per heavy atom. The molecule has 0 atom stereocenters. The van der Waals surface area contributed by atoms with E-state index in [0.717, 1.165) is 10.6 Å². The summed E-state index contributed by atoms with van der Waals surface area (Å²) in [5, 5.41) is 7.33. The van der Waals surface area contributed by atoms with Crippen LogP contribution in [0.15, 0.2) is 199 Å². The Kier molecular flexibility index (Phi) is 17.2. The zero-order valence-electron chi connectivity index (χ0n) is 31.6. The Hall–Kier alpha value is -4.20. The molecule has 0 aliphatic rings. The van der Waals surface area contributed by atoms with Crippen LogP contribution in [0.5, 0.6) is 0 Å².